The van der Waals surface area contributed by atoms with Gasteiger partial charge in [-0.15, -0.1) is 0 Å². The fourth-order valence-corrected chi connectivity index (χ4v) is 3.18. The molecule has 1 aromatic carbocycles. The number of benzene rings is 1. The Bertz CT molecular complexity index is 999. The molecular formula is C20H26N5O5+. The number of carbonyl (C=O) groups excluding carboxylic acids is 1. The van der Waals surface area contributed by atoms with Crippen molar-refractivity contribution in [3.05, 3.63) is 42.1 Å². The van der Waals surface area contributed by atoms with Crippen molar-refractivity contribution in [2.24, 2.45) is 10.7 Å². The number of methoxy groups -OCH3 is 1. The Morgan fingerprint density at radius 2 is 2.13 bits per heavy atom. The first-order valence-electron chi connectivity index (χ1n) is 9.68. The van der Waals surface area contributed by atoms with E-state index in [1.54, 1.807) is 13.3 Å². The third-order valence-corrected chi connectivity index (χ3v) is 4.80. The lowest BCUT2D eigenvalue weighted by atomic mass is 10.1. The number of ether oxygens (including phenoxy) is 1. The number of H-pyrrole nitrogens is 1. The minimum atomic E-state index is -1.25. The van der Waals surface area contributed by atoms with Gasteiger partial charge < -0.3 is 20.6 Å². The van der Waals surface area contributed by atoms with E-state index in [4.69, 9.17) is 20.4 Å². The number of aliphatic imine (C=N–C) groups is 1. The number of carbonyl (C=O) groups is 2. The van der Waals surface area contributed by atoms with Crippen LogP contribution in [0.5, 0.6) is 5.75 Å². The number of quaternary nitrogens is 1. The van der Waals surface area contributed by atoms with E-state index in [-0.39, 0.29) is 5.96 Å². The quantitative estimate of drug-likeness (QED) is 0.129. The Morgan fingerprint density at radius 3 is 2.83 bits per heavy atom. The molecule has 1 fully saturated rings. The lowest BCUT2D eigenvalue weighted by Crippen LogP contribution is -2.44. The van der Waals surface area contributed by atoms with Crippen LogP contribution in [0.25, 0.3) is 10.9 Å². The van der Waals surface area contributed by atoms with Gasteiger partial charge in [0.25, 0.3) is 6.17 Å². The molecule has 0 spiro atoms. The molecule has 10 nitrogen and oxygen atoms in total. The van der Waals surface area contributed by atoms with Crippen LogP contribution in [-0.4, -0.2) is 46.4 Å². The van der Waals surface area contributed by atoms with Gasteiger partial charge in [-0.3, -0.25) is 0 Å². The van der Waals surface area contributed by atoms with Crippen molar-refractivity contribution in [3.8, 4) is 5.75 Å². The molecule has 2 heterocycles. The minimum Gasteiger partial charge on any atom is -0.497 e. The zero-order valence-electron chi connectivity index (χ0n) is 16.9. The molecule has 30 heavy (non-hydrogen) atoms. The molecule has 5 N–H and O–H groups in total. The van der Waals surface area contributed by atoms with Crippen LogP contribution in [-0.2, 0) is 14.4 Å². The number of hydroxylamine groups is 2. The number of aromatic nitrogens is 1. The Kier molecular flexibility index (Phi) is 6.38. The van der Waals surface area contributed by atoms with Gasteiger partial charge in [-0.25, -0.2) is 19.4 Å². The van der Waals surface area contributed by atoms with Gasteiger partial charge in [-0.2, -0.15) is 0 Å². The number of rotatable bonds is 8. The third-order valence-electron chi connectivity index (χ3n) is 4.80. The van der Waals surface area contributed by atoms with Crippen LogP contribution in [0.2, 0.25) is 0 Å². The predicted molar refractivity (Wildman–Crippen MR) is 110 cm³/mol. The molecule has 160 valence electrons. The summed E-state index contributed by atoms with van der Waals surface area (Å²) in [5.74, 6) is -1.33. The largest absolute Gasteiger partial charge is 0.497 e. The molecule has 2 aromatic rings. The summed E-state index contributed by atoms with van der Waals surface area (Å²) in [6, 6.07) is 5.60. The molecule has 3 rings (SSSR count). The van der Waals surface area contributed by atoms with Crippen LogP contribution in [0.1, 0.15) is 37.9 Å². The molecule has 0 bridgehead atoms. The highest BCUT2D eigenvalue weighted by Crippen LogP contribution is 2.42. The van der Waals surface area contributed by atoms with Crippen molar-refractivity contribution in [1.82, 2.24) is 10.4 Å². The molecule has 0 saturated carbocycles. The van der Waals surface area contributed by atoms with Crippen LogP contribution in [0.15, 0.2) is 41.5 Å². The van der Waals surface area contributed by atoms with Crippen LogP contribution in [0.4, 0.5) is 0 Å². The smallest absolute Gasteiger partial charge is 0.394 e. The van der Waals surface area contributed by atoms with Gasteiger partial charge in [0.1, 0.15) is 5.75 Å². The number of nitrogens with one attached hydrogen (secondary N) is 2. The number of hydrogen-bond donors (Lipinski definition) is 4. The van der Waals surface area contributed by atoms with Crippen LogP contribution in [0.3, 0.4) is 0 Å². The van der Waals surface area contributed by atoms with Crippen LogP contribution in [0, 0.1) is 0 Å². The Hall–Kier alpha value is -3.37. The first kappa shape index (κ1) is 21.3. The normalized spacial score (nSPS) is 21.1. The van der Waals surface area contributed by atoms with E-state index in [1.165, 1.54) is 0 Å². The standard InChI is InChI=1S/C20H25N5O5/c1-3-4-5-10-22-20(21)25(30-18(28)9-8-17(26)27)19(24-25)15-12-23-16-7-6-13(29-2)11-14(15)16/h6-9,11-12,19,23-24H,3-5,10H2,1-2H3,(H2-,21,22,26,27)/p+1. The molecular weight excluding hydrogens is 390 g/mol. The van der Waals surface area contributed by atoms with Crippen molar-refractivity contribution in [3.63, 3.8) is 0 Å². The van der Waals surface area contributed by atoms with E-state index in [0.717, 1.165) is 41.8 Å². The highest BCUT2D eigenvalue weighted by Gasteiger charge is 2.67. The van der Waals surface area contributed by atoms with Crippen molar-refractivity contribution in [2.45, 2.75) is 32.4 Å². The SMILES string of the molecule is CCCCCN=C(N)[N+]1(OC(=O)C=CC(=O)O)NC1c1c[nH]c2ccc(OC)cc12. The number of carboxylic acid groups (broad SMARTS) is 1. The average molecular weight is 416 g/mol. The summed E-state index contributed by atoms with van der Waals surface area (Å²) in [6.45, 7) is 2.59. The fourth-order valence-electron chi connectivity index (χ4n) is 3.18. The third kappa shape index (κ3) is 4.44. The summed E-state index contributed by atoms with van der Waals surface area (Å²) >= 11 is 0. The zero-order chi connectivity index (χ0) is 21.7. The van der Waals surface area contributed by atoms with Crippen molar-refractivity contribution in [1.29, 1.82) is 0 Å². The summed E-state index contributed by atoms with van der Waals surface area (Å²) in [5.41, 5.74) is 11.0. The highest BCUT2D eigenvalue weighted by molar-refractivity contribution is 5.91. The molecule has 2 atom stereocenters. The molecule has 1 saturated heterocycles. The van der Waals surface area contributed by atoms with Gasteiger partial charge in [-0.1, -0.05) is 19.8 Å². The first-order valence-corrected chi connectivity index (χ1v) is 9.68. The molecule has 0 radical (unpaired) electrons. The fraction of sp³-hybridized carbons (Fsp3) is 0.350. The van der Waals surface area contributed by atoms with Gasteiger partial charge in [0.2, 0.25) is 0 Å². The van der Waals surface area contributed by atoms with Gasteiger partial charge in [-0.05, 0) is 30.0 Å². The number of nitrogens with zero attached hydrogens (tertiary/aromatic N) is 2. The maximum atomic E-state index is 12.2. The van der Waals surface area contributed by atoms with Crippen LogP contribution < -0.4 is 15.9 Å². The molecule has 2 unspecified atom stereocenters. The number of carboxylic acids is 1. The van der Waals surface area contributed by atoms with Gasteiger partial charge >= 0.3 is 17.9 Å². The second-order valence-corrected chi connectivity index (χ2v) is 6.87. The summed E-state index contributed by atoms with van der Waals surface area (Å²) in [7, 11) is 1.58. The monoisotopic (exact) mass is 416 g/mol. The van der Waals surface area contributed by atoms with Gasteiger partial charge in [0.15, 0.2) is 0 Å². The Morgan fingerprint density at radius 1 is 1.33 bits per heavy atom. The number of aliphatic carboxylic acids is 1. The van der Waals surface area contributed by atoms with Gasteiger partial charge in [0, 0.05) is 40.6 Å². The van der Waals surface area contributed by atoms with E-state index in [1.807, 2.05) is 18.2 Å². The summed E-state index contributed by atoms with van der Waals surface area (Å²) in [6.07, 6.45) is 5.76. The van der Waals surface area contributed by atoms with Crippen molar-refractivity contribution in [2.75, 3.05) is 13.7 Å². The molecule has 0 amide bonds. The summed E-state index contributed by atoms with van der Waals surface area (Å²) < 4.78 is 4.77. The Labute approximate surface area is 173 Å². The second-order valence-electron chi connectivity index (χ2n) is 6.87. The summed E-state index contributed by atoms with van der Waals surface area (Å²) in [5, 5.41) is 9.62. The Balaban J connectivity index is 1.90. The number of aromatic amines is 1. The lowest BCUT2D eigenvalue weighted by Gasteiger charge is -2.12. The first-order chi connectivity index (χ1) is 14.4. The number of hydrogen-bond acceptors (Lipinski definition) is 6. The number of fused-ring (bicyclic) bond motifs is 1. The average Bonchev–Trinajstić information content (AvgIpc) is 3.29. The topological polar surface area (TPSA) is 149 Å². The van der Waals surface area contributed by atoms with E-state index >= 15 is 0 Å². The maximum Gasteiger partial charge on any atom is 0.394 e. The highest BCUT2D eigenvalue weighted by atomic mass is 16.8. The van der Waals surface area contributed by atoms with Gasteiger partial charge in [0.05, 0.1) is 12.7 Å². The second kappa shape index (κ2) is 8.97. The number of unbranched alkanes of at least 4 members (excludes halogenated alkanes) is 2. The number of guanidine groups is 1. The molecule has 0 aliphatic carbocycles. The van der Waals surface area contributed by atoms with Crippen molar-refractivity contribution < 1.29 is 29.0 Å². The molecule has 10 heteroatoms. The van der Waals surface area contributed by atoms with Crippen molar-refractivity contribution >= 4 is 28.8 Å². The lowest BCUT2D eigenvalue weighted by molar-refractivity contribution is -0.943. The molecule has 1 aromatic heterocycles. The molecule has 1 aliphatic heterocycles. The van der Waals surface area contributed by atoms with E-state index in [9.17, 15) is 9.59 Å². The zero-order valence-corrected chi connectivity index (χ0v) is 16.9. The minimum absolute atomic E-state index is 0.0884. The number of nitrogens with two attached hydrogens (primary N) is 1. The predicted octanol–water partition coefficient (Wildman–Crippen LogP) is 2.11. The molecule has 1 aliphatic rings. The maximum absolute atomic E-state index is 12.2. The van der Waals surface area contributed by atoms with E-state index in [0.29, 0.717) is 18.4 Å². The van der Waals surface area contributed by atoms with E-state index in [2.05, 4.69) is 22.3 Å². The summed E-state index contributed by atoms with van der Waals surface area (Å²) in [4.78, 5) is 35.9. The van der Waals surface area contributed by atoms with Crippen LogP contribution >= 0.6 is 0 Å². The van der Waals surface area contributed by atoms with E-state index < -0.39 is 22.9 Å².